The zero-order valence-electron chi connectivity index (χ0n) is 14.2. The van der Waals surface area contributed by atoms with E-state index in [1.807, 2.05) is 0 Å². The number of anilines is 1. The lowest BCUT2D eigenvalue weighted by Gasteiger charge is -2.18. The lowest BCUT2D eigenvalue weighted by atomic mass is 10.2. The van der Waals surface area contributed by atoms with E-state index in [1.54, 1.807) is 20.8 Å². The molecule has 0 unspecified atom stereocenters. The van der Waals surface area contributed by atoms with Crippen LogP contribution in [0.3, 0.4) is 0 Å². The van der Waals surface area contributed by atoms with Crippen LogP contribution in [0.1, 0.15) is 20.8 Å². The Morgan fingerprint density at radius 2 is 2.04 bits per heavy atom. The first-order chi connectivity index (χ1) is 11.6. The monoisotopic (exact) mass is 356 g/mol. The van der Waals surface area contributed by atoms with E-state index < -0.39 is 24.2 Å². The third-order valence-electron chi connectivity index (χ3n) is 3.05. The average Bonchev–Trinajstić information content (AvgIpc) is 2.57. The van der Waals surface area contributed by atoms with E-state index in [1.165, 1.54) is 30.1 Å². The number of halogens is 2. The van der Waals surface area contributed by atoms with Crippen LogP contribution in [0.2, 0.25) is 0 Å². The van der Waals surface area contributed by atoms with Gasteiger partial charge in [-0.1, -0.05) is 0 Å². The summed E-state index contributed by atoms with van der Waals surface area (Å²) in [6, 6.07) is 3.93. The van der Waals surface area contributed by atoms with Gasteiger partial charge in [-0.15, -0.1) is 0 Å². The van der Waals surface area contributed by atoms with Crippen LogP contribution in [0.5, 0.6) is 11.5 Å². The molecule has 0 spiro atoms. The number of nitrogens with zero attached hydrogens (tertiary/aromatic N) is 2. The maximum Gasteiger partial charge on any atom is 0.434 e. The third-order valence-corrected chi connectivity index (χ3v) is 3.05. The van der Waals surface area contributed by atoms with Crippen LogP contribution in [0.4, 0.5) is 19.3 Å². The van der Waals surface area contributed by atoms with Crippen molar-refractivity contribution in [2.24, 2.45) is 4.99 Å². The molecule has 0 N–H and O–H groups in total. The lowest BCUT2D eigenvalue weighted by molar-refractivity contribution is -0.112. The number of amides is 2. The highest BCUT2D eigenvalue weighted by atomic mass is 19.3. The largest absolute Gasteiger partial charge is 0.485 e. The average molecular weight is 356 g/mol. The fourth-order valence-corrected chi connectivity index (χ4v) is 2.05. The van der Waals surface area contributed by atoms with Crippen LogP contribution in [-0.2, 0) is 9.53 Å². The molecule has 0 saturated carbocycles. The molecule has 1 aromatic carbocycles. The molecule has 0 fully saturated rings. The Hall–Kier alpha value is -2.71. The van der Waals surface area contributed by atoms with Crippen molar-refractivity contribution in [3.63, 3.8) is 0 Å². The molecule has 2 rings (SSSR count). The highest BCUT2D eigenvalue weighted by Gasteiger charge is 2.28. The lowest BCUT2D eigenvalue weighted by Crippen LogP contribution is -2.35. The zero-order valence-corrected chi connectivity index (χ0v) is 14.2. The third kappa shape index (κ3) is 4.88. The number of hydrogen-bond acceptors (Lipinski definition) is 5. The van der Waals surface area contributed by atoms with Gasteiger partial charge in [0.15, 0.2) is 5.71 Å². The van der Waals surface area contributed by atoms with Crippen molar-refractivity contribution in [2.45, 2.75) is 33.0 Å². The molecule has 1 aliphatic rings. The Labute approximate surface area is 143 Å². The van der Waals surface area contributed by atoms with Crippen molar-refractivity contribution in [3.05, 3.63) is 18.2 Å². The molecule has 0 radical (unpaired) electrons. The predicted octanol–water partition coefficient (Wildman–Crippen LogP) is 3.02. The van der Waals surface area contributed by atoms with Crippen LogP contribution in [0.25, 0.3) is 0 Å². The first-order valence-electron chi connectivity index (χ1n) is 7.37. The summed E-state index contributed by atoms with van der Waals surface area (Å²) in [5.41, 5.74) is -0.586. The maximum absolute atomic E-state index is 12.4. The van der Waals surface area contributed by atoms with Gasteiger partial charge >= 0.3 is 12.7 Å². The minimum atomic E-state index is -2.98. The Balaban J connectivity index is 2.26. The number of hydrogen-bond donors (Lipinski definition) is 0. The second-order valence-electron chi connectivity index (χ2n) is 6.20. The standard InChI is InChI=1S/C16H18F2N2O5/c1-16(2,3)25-15(22)19-10-8-23-12-7-9(24-14(17)18)5-6-11(12)20(4)13(10)21/h5-7,14H,8H2,1-4H3. The quantitative estimate of drug-likeness (QED) is 0.814. The summed E-state index contributed by atoms with van der Waals surface area (Å²) in [4.78, 5) is 29.1. The number of benzene rings is 1. The van der Waals surface area contributed by atoms with Gasteiger partial charge in [0.1, 0.15) is 23.7 Å². The first-order valence-corrected chi connectivity index (χ1v) is 7.37. The topological polar surface area (TPSA) is 77.4 Å². The molecule has 7 nitrogen and oxygen atoms in total. The normalized spacial score (nSPS) is 16.4. The minimum absolute atomic E-state index is 0.109. The summed E-state index contributed by atoms with van der Waals surface area (Å²) in [5.74, 6) is -0.516. The molecule has 0 aromatic heterocycles. The number of rotatable bonds is 2. The molecule has 0 bridgehead atoms. The van der Waals surface area contributed by atoms with Crippen molar-refractivity contribution in [2.75, 3.05) is 18.6 Å². The summed E-state index contributed by atoms with van der Waals surface area (Å²) in [7, 11) is 1.45. The summed E-state index contributed by atoms with van der Waals surface area (Å²) in [5, 5.41) is 0. The van der Waals surface area contributed by atoms with E-state index in [9.17, 15) is 18.4 Å². The van der Waals surface area contributed by atoms with Crippen molar-refractivity contribution in [1.29, 1.82) is 0 Å². The molecule has 1 heterocycles. The molecular formula is C16H18F2N2O5. The summed E-state index contributed by atoms with van der Waals surface area (Å²) in [6.07, 6.45) is -0.916. The summed E-state index contributed by atoms with van der Waals surface area (Å²) < 4.78 is 39.4. The van der Waals surface area contributed by atoms with Gasteiger partial charge in [-0.25, -0.2) is 4.79 Å². The van der Waals surface area contributed by atoms with Gasteiger partial charge in [-0.3, -0.25) is 4.79 Å². The highest BCUT2D eigenvalue weighted by molar-refractivity contribution is 6.45. The van der Waals surface area contributed by atoms with E-state index in [4.69, 9.17) is 9.47 Å². The molecule has 136 valence electrons. The minimum Gasteiger partial charge on any atom is -0.485 e. The molecule has 9 heteroatoms. The Morgan fingerprint density at radius 1 is 1.36 bits per heavy atom. The zero-order chi connectivity index (χ0) is 18.8. The molecule has 1 aromatic rings. The van der Waals surface area contributed by atoms with Crippen molar-refractivity contribution >= 4 is 23.4 Å². The smallest absolute Gasteiger partial charge is 0.434 e. The fourth-order valence-electron chi connectivity index (χ4n) is 2.05. The molecule has 25 heavy (non-hydrogen) atoms. The van der Waals surface area contributed by atoms with Crippen LogP contribution >= 0.6 is 0 Å². The van der Waals surface area contributed by atoms with Crippen LogP contribution in [0, 0.1) is 0 Å². The summed E-state index contributed by atoms with van der Waals surface area (Å²) in [6.45, 7) is 1.72. The van der Waals surface area contributed by atoms with Gasteiger partial charge in [0, 0.05) is 13.1 Å². The Kier molecular flexibility index (Phi) is 5.24. The number of carbonyl (C=O) groups excluding carboxylic acids is 2. The van der Waals surface area contributed by atoms with Gasteiger partial charge in [0.05, 0.1) is 5.69 Å². The van der Waals surface area contributed by atoms with Crippen molar-refractivity contribution in [3.8, 4) is 11.5 Å². The first kappa shape index (κ1) is 18.6. The number of alkyl halides is 2. The predicted molar refractivity (Wildman–Crippen MR) is 85.6 cm³/mol. The van der Waals surface area contributed by atoms with Gasteiger partial charge in [0.25, 0.3) is 5.91 Å². The van der Waals surface area contributed by atoms with Crippen molar-refractivity contribution < 1.29 is 32.6 Å². The van der Waals surface area contributed by atoms with Crippen LogP contribution in [-0.4, -0.2) is 43.6 Å². The molecule has 1 aliphatic heterocycles. The molecule has 2 amide bonds. The SMILES string of the molecule is CN1C(=O)C(=NC(=O)OC(C)(C)C)COc2cc(OC(F)F)ccc21. The Bertz CT molecular complexity index is 713. The van der Waals surface area contributed by atoms with Gasteiger partial charge in [-0.05, 0) is 32.9 Å². The second kappa shape index (κ2) is 7.04. The van der Waals surface area contributed by atoms with E-state index in [-0.39, 0.29) is 23.8 Å². The van der Waals surface area contributed by atoms with Gasteiger partial charge in [-0.2, -0.15) is 13.8 Å². The highest BCUT2D eigenvalue weighted by Crippen LogP contribution is 2.34. The molecular weight excluding hydrogens is 338 g/mol. The van der Waals surface area contributed by atoms with Crippen LogP contribution in [0.15, 0.2) is 23.2 Å². The van der Waals surface area contributed by atoms with E-state index in [2.05, 4.69) is 9.73 Å². The molecule has 0 atom stereocenters. The second-order valence-corrected chi connectivity index (χ2v) is 6.20. The number of fused-ring (bicyclic) bond motifs is 1. The van der Waals surface area contributed by atoms with E-state index in [0.717, 1.165) is 0 Å². The number of ether oxygens (including phenoxy) is 3. The number of carbonyl (C=O) groups is 2. The maximum atomic E-state index is 12.4. The Morgan fingerprint density at radius 3 is 2.64 bits per heavy atom. The van der Waals surface area contributed by atoms with E-state index >= 15 is 0 Å². The number of aliphatic imine (C=N–C) groups is 1. The molecule has 0 saturated heterocycles. The van der Waals surface area contributed by atoms with Gasteiger partial charge < -0.3 is 19.1 Å². The molecule has 0 aliphatic carbocycles. The summed E-state index contributed by atoms with van der Waals surface area (Å²) >= 11 is 0. The van der Waals surface area contributed by atoms with Gasteiger partial charge in [0.2, 0.25) is 0 Å². The fraction of sp³-hybridized carbons (Fsp3) is 0.438. The van der Waals surface area contributed by atoms with Crippen LogP contribution < -0.4 is 14.4 Å². The van der Waals surface area contributed by atoms with E-state index in [0.29, 0.717) is 5.69 Å². The van der Waals surface area contributed by atoms with Crippen molar-refractivity contribution in [1.82, 2.24) is 0 Å².